The maximum atomic E-state index is 12.3. The van der Waals surface area contributed by atoms with Crippen LogP contribution in [0.1, 0.15) is 37.0 Å². The molecule has 0 saturated heterocycles. The fourth-order valence-corrected chi connectivity index (χ4v) is 2.49. The zero-order valence-electron chi connectivity index (χ0n) is 10.4. The maximum Gasteiger partial charge on any atom is 0.255 e. The van der Waals surface area contributed by atoms with Crippen LogP contribution in [0.15, 0.2) is 27.6 Å². The number of thiol groups is 1. The second kappa shape index (κ2) is 6.45. The highest BCUT2D eigenvalue weighted by molar-refractivity contribution is 9.10. The molecule has 1 amide bonds. The lowest BCUT2D eigenvalue weighted by atomic mass is 10.1. The molecule has 0 fully saturated rings. The largest absolute Gasteiger partial charge is 0.339 e. The summed E-state index contributed by atoms with van der Waals surface area (Å²) in [5.74, 6) is 0.0430. The smallest absolute Gasteiger partial charge is 0.255 e. The summed E-state index contributed by atoms with van der Waals surface area (Å²) in [6, 6.07) is 5.81. The highest BCUT2D eigenvalue weighted by atomic mass is 79.9. The second-order valence-electron chi connectivity index (χ2n) is 4.05. The minimum Gasteiger partial charge on any atom is -0.339 e. The van der Waals surface area contributed by atoms with Crippen molar-refractivity contribution in [1.82, 2.24) is 4.90 Å². The quantitative estimate of drug-likeness (QED) is 0.833. The zero-order valence-corrected chi connectivity index (χ0v) is 12.9. The van der Waals surface area contributed by atoms with E-state index in [0.29, 0.717) is 5.56 Å². The van der Waals surface area contributed by atoms with Crippen LogP contribution in [0.5, 0.6) is 0 Å². The van der Waals surface area contributed by atoms with Crippen molar-refractivity contribution < 1.29 is 4.79 Å². The molecule has 0 heterocycles. The Hall–Kier alpha value is -0.480. The second-order valence-corrected chi connectivity index (χ2v) is 5.42. The molecular weight excluding hydrogens is 298 g/mol. The summed E-state index contributed by atoms with van der Waals surface area (Å²) in [5.41, 5.74) is 0.673. The standard InChI is InChI=1S/C13H18BrNOS/c1-4-9(5-2)15(3)13(16)11-8-10(17)6-7-12(11)14/h6-9,17H,4-5H2,1-3H3. The average Bonchev–Trinajstić information content (AvgIpc) is 2.32. The van der Waals surface area contributed by atoms with Gasteiger partial charge >= 0.3 is 0 Å². The van der Waals surface area contributed by atoms with Crippen LogP contribution in [-0.4, -0.2) is 23.9 Å². The topological polar surface area (TPSA) is 20.3 Å². The van der Waals surface area contributed by atoms with Crippen LogP contribution in [0.4, 0.5) is 0 Å². The minimum atomic E-state index is 0.0430. The van der Waals surface area contributed by atoms with Gasteiger partial charge in [0, 0.05) is 22.5 Å². The summed E-state index contributed by atoms with van der Waals surface area (Å²) in [4.78, 5) is 15.0. The van der Waals surface area contributed by atoms with Gasteiger partial charge in [-0.25, -0.2) is 0 Å². The van der Waals surface area contributed by atoms with E-state index < -0.39 is 0 Å². The van der Waals surface area contributed by atoms with Gasteiger partial charge in [0.2, 0.25) is 0 Å². The van der Waals surface area contributed by atoms with Crippen LogP contribution in [0.3, 0.4) is 0 Å². The first-order chi connectivity index (χ1) is 8.01. The molecule has 1 aromatic carbocycles. The van der Waals surface area contributed by atoms with E-state index in [9.17, 15) is 4.79 Å². The van der Waals surface area contributed by atoms with Crippen LogP contribution in [0, 0.1) is 0 Å². The van der Waals surface area contributed by atoms with Crippen LogP contribution in [0.25, 0.3) is 0 Å². The monoisotopic (exact) mass is 315 g/mol. The number of carbonyl (C=O) groups excluding carboxylic acids is 1. The van der Waals surface area contributed by atoms with Crippen LogP contribution in [0.2, 0.25) is 0 Å². The summed E-state index contributed by atoms with van der Waals surface area (Å²) in [6.45, 7) is 4.20. The molecule has 0 bridgehead atoms. The van der Waals surface area contributed by atoms with Gasteiger partial charge in [0.25, 0.3) is 5.91 Å². The third-order valence-corrected chi connectivity index (χ3v) is 3.96. The molecule has 0 aliphatic carbocycles. The Bertz CT molecular complexity index is 404. The van der Waals surface area contributed by atoms with Crippen molar-refractivity contribution in [1.29, 1.82) is 0 Å². The molecule has 1 aromatic rings. The number of nitrogens with zero attached hydrogens (tertiary/aromatic N) is 1. The highest BCUT2D eigenvalue weighted by Crippen LogP contribution is 2.22. The number of amides is 1. The van der Waals surface area contributed by atoms with Crippen molar-refractivity contribution >= 4 is 34.5 Å². The molecule has 0 spiro atoms. The van der Waals surface area contributed by atoms with Gasteiger partial charge in [-0.2, -0.15) is 0 Å². The summed E-state index contributed by atoms with van der Waals surface area (Å²) in [7, 11) is 1.86. The van der Waals surface area contributed by atoms with Crippen molar-refractivity contribution in [3.8, 4) is 0 Å². The van der Waals surface area contributed by atoms with E-state index in [4.69, 9.17) is 0 Å². The normalized spacial score (nSPS) is 10.7. The van der Waals surface area contributed by atoms with E-state index in [2.05, 4.69) is 42.4 Å². The molecule has 0 aliphatic rings. The van der Waals surface area contributed by atoms with Crippen molar-refractivity contribution in [2.75, 3.05) is 7.05 Å². The number of halogens is 1. The van der Waals surface area contributed by atoms with Gasteiger partial charge in [0.05, 0.1) is 5.56 Å². The van der Waals surface area contributed by atoms with E-state index in [1.54, 1.807) is 6.07 Å². The average molecular weight is 316 g/mol. The molecule has 0 unspecified atom stereocenters. The maximum absolute atomic E-state index is 12.3. The Balaban J connectivity index is 2.99. The minimum absolute atomic E-state index is 0.0430. The van der Waals surface area contributed by atoms with Gasteiger partial charge in [0.1, 0.15) is 0 Å². The van der Waals surface area contributed by atoms with E-state index in [1.165, 1.54) is 0 Å². The number of hydrogen-bond acceptors (Lipinski definition) is 2. The van der Waals surface area contributed by atoms with Gasteiger partial charge in [0.15, 0.2) is 0 Å². The number of hydrogen-bond donors (Lipinski definition) is 1. The van der Waals surface area contributed by atoms with Gasteiger partial charge in [-0.1, -0.05) is 13.8 Å². The van der Waals surface area contributed by atoms with E-state index in [-0.39, 0.29) is 11.9 Å². The molecule has 1 rings (SSSR count). The van der Waals surface area contributed by atoms with Crippen LogP contribution in [-0.2, 0) is 0 Å². The molecule has 0 aromatic heterocycles. The third kappa shape index (κ3) is 3.49. The molecule has 17 heavy (non-hydrogen) atoms. The zero-order chi connectivity index (χ0) is 13.0. The van der Waals surface area contributed by atoms with Crippen molar-refractivity contribution in [2.45, 2.75) is 37.6 Å². The predicted molar refractivity (Wildman–Crippen MR) is 77.9 cm³/mol. The Kier molecular flexibility index (Phi) is 5.53. The Morgan fingerprint density at radius 2 is 2.00 bits per heavy atom. The van der Waals surface area contributed by atoms with Crippen LogP contribution < -0.4 is 0 Å². The number of carbonyl (C=O) groups is 1. The fraction of sp³-hybridized carbons (Fsp3) is 0.462. The molecule has 94 valence electrons. The van der Waals surface area contributed by atoms with Crippen molar-refractivity contribution in [3.63, 3.8) is 0 Å². The molecule has 0 saturated carbocycles. The first-order valence-corrected chi connectivity index (χ1v) is 7.00. The SMILES string of the molecule is CCC(CC)N(C)C(=O)c1cc(S)ccc1Br. The lowest BCUT2D eigenvalue weighted by Gasteiger charge is -2.26. The Morgan fingerprint density at radius 1 is 1.41 bits per heavy atom. The summed E-state index contributed by atoms with van der Waals surface area (Å²) >= 11 is 7.68. The number of benzene rings is 1. The third-order valence-electron chi connectivity index (χ3n) is 2.99. The fourth-order valence-electron chi connectivity index (χ4n) is 1.87. The molecule has 2 nitrogen and oxygen atoms in total. The summed E-state index contributed by atoms with van der Waals surface area (Å²) < 4.78 is 0.818. The van der Waals surface area contributed by atoms with E-state index in [1.807, 2.05) is 24.1 Å². The van der Waals surface area contributed by atoms with Gasteiger partial charge in [-0.15, -0.1) is 12.6 Å². The number of rotatable bonds is 4. The lowest BCUT2D eigenvalue weighted by molar-refractivity contribution is 0.0722. The molecule has 0 N–H and O–H groups in total. The predicted octanol–water partition coefficient (Wildman–Crippen LogP) is 4.00. The molecule has 0 radical (unpaired) electrons. The summed E-state index contributed by atoms with van der Waals surface area (Å²) in [6.07, 6.45) is 1.94. The Morgan fingerprint density at radius 3 is 2.53 bits per heavy atom. The highest BCUT2D eigenvalue weighted by Gasteiger charge is 2.20. The van der Waals surface area contributed by atoms with Crippen molar-refractivity contribution in [2.24, 2.45) is 0 Å². The van der Waals surface area contributed by atoms with Gasteiger partial charge < -0.3 is 4.90 Å². The first-order valence-electron chi connectivity index (χ1n) is 5.76. The molecule has 4 heteroatoms. The Labute approximate surface area is 117 Å². The first kappa shape index (κ1) is 14.6. The lowest BCUT2D eigenvalue weighted by Crippen LogP contribution is -2.36. The van der Waals surface area contributed by atoms with E-state index in [0.717, 1.165) is 22.2 Å². The van der Waals surface area contributed by atoms with Crippen molar-refractivity contribution in [3.05, 3.63) is 28.2 Å². The van der Waals surface area contributed by atoms with E-state index >= 15 is 0 Å². The van der Waals surface area contributed by atoms with Gasteiger partial charge in [-0.05, 0) is 47.0 Å². The summed E-state index contributed by atoms with van der Waals surface area (Å²) in [5, 5.41) is 0. The molecular formula is C13H18BrNOS. The molecule has 0 aliphatic heterocycles. The van der Waals surface area contributed by atoms with Gasteiger partial charge in [-0.3, -0.25) is 4.79 Å². The molecule has 0 atom stereocenters. The van der Waals surface area contributed by atoms with Crippen LogP contribution >= 0.6 is 28.6 Å².